The summed E-state index contributed by atoms with van der Waals surface area (Å²) in [4.78, 5) is 9.70. The van der Waals surface area contributed by atoms with Gasteiger partial charge in [-0.3, -0.25) is 0 Å². The van der Waals surface area contributed by atoms with Crippen LogP contribution < -0.4 is 14.5 Å². The number of para-hydroxylation sites is 3. The van der Waals surface area contributed by atoms with Crippen molar-refractivity contribution in [3.8, 4) is 28.4 Å². The molecule has 0 aliphatic carbocycles. The largest absolute Gasteiger partial charge is 0.509 e. The van der Waals surface area contributed by atoms with Crippen LogP contribution in [0, 0.1) is 18.8 Å². The summed E-state index contributed by atoms with van der Waals surface area (Å²) in [7, 11) is 0. The van der Waals surface area contributed by atoms with Crippen molar-refractivity contribution in [2.24, 2.45) is 0 Å². The smallest absolute Gasteiger partial charge is 0.135 e. The predicted octanol–water partition coefficient (Wildman–Crippen LogP) is 15.8. The third-order valence-corrected chi connectivity index (χ3v) is 12.3. The average molecular weight is 1020 g/mol. The number of nitrogens with zero attached hydrogens (tertiary/aromatic N) is 4. The van der Waals surface area contributed by atoms with Crippen LogP contribution in [0.25, 0.3) is 38.8 Å². The van der Waals surface area contributed by atoms with Crippen LogP contribution in [0.2, 0.25) is 0 Å². The summed E-state index contributed by atoms with van der Waals surface area (Å²) in [5.41, 5.74) is 13.6. The Morgan fingerprint density at radius 3 is 1.83 bits per heavy atom. The summed E-state index contributed by atoms with van der Waals surface area (Å²) in [5, 5.41) is 2.23. The number of rotatable bonds is 6. The Labute approximate surface area is 395 Å². The number of hydrogen-bond donors (Lipinski definition) is 0. The van der Waals surface area contributed by atoms with Crippen molar-refractivity contribution < 1.29 is 25.8 Å². The van der Waals surface area contributed by atoms with Gasteiger partial charge in [0.05, 0.1) is 0 Å². The van der Waals surface area contributed by atoms with Gasteiger partial charge in [0.1, 0.15) is 5.82 Å². The fraction of sp³-hybridized carbons (Fsp3) is 0.276. The minimum atomic E-state index is -0.140. The Balaban J connectivity index is 0.00000560. The SMILES string of the molecule is CC(C)(C)c1cccc(-c2cnc(-n3c4[c-]c(Oc5[c-]c(N6[CH-]N(c7cc(C(C)(C)C)cc(C(C)(C)C)c7)c7ccccc76)ccc5)ccc4c4ccccc43)cc2C(C)(C)C)c1.[Pt]. The quantitative estimate of drug-likeness (QED) is 0.155. The number of aromatic nitrogens is 2. The van der Waals surface area contributed by atoms with E-state index in [0.717, 1.165) is 55.9 Å². The van der Waals surface area contributed by atoms with Crippen LogP contribution in [-0.2, 0) is 42.7 Å². The van der Waals surface area contributed by atoms with Crippen molar-refractivity contribution >= 4 is 44.6 Å². The second-order valence-corrected chi connectivity index (χ2v) is 21.2. The second kappa shape index (κ2) is 16.4. The molecule has 2 aromatic heterocycles. The Hall–Kier alpha value is -5.64. The van der Waals surface area contributed by atoms with Crippen molar-refractivity contribution in [1.29, 1.82) is 0 Å². The molecule has 0 saturated heterocycles. The molecule has 0 saturated carbocycles. The molecule has 1 aliphatic heterocycles. The number of ether oxygens (including phenoxy) is 1. The first-order valence-corrected chi connectivity index (χ1v) is 22.2. The molecular formula is C58H59N4OPt-3. The van der Waals surface area contributed by atoms with Crippen LogP contribution in [0.4, 0.5) is 22.7 Å². The van der Waals surface area contributed by atoms with Gasteiger partial charge in [0, 0.05) is 66.9 Å². The van der Waals surface area contributed by atoms with E-state index >= 15 is 0 Å². The number of pyridine rings is 1. The van der Waals surface area contributed by atoms with Crippen LogP contribution in [0.15, 0.2) is 134 Å². The molecule has 0 radical (unpaired) electrons. The Kier molecular flexibility index (Phi) is 11.5. The van der Waals surface area contributed by atoms with E-state index in [2.05, 4.69) is 232 Å². The number of benzene rings is 6. The van der Waals surface area contributed by atoms with Crippen LogP contribution >= 0.6 is 0 Å². The van der Waals surface area contributed by atoms with Crippen LogP contribution in [0.1, 0.15) is 105 Å². The fourth-order valence-corrected chi connectivity index (χ4v) is 8.62. The van der Waals surface area contributed by atoms with E-state index < -0.39 is 0 Å². The molecule has 3 heterocycles. The standard InChI is InChI=1S/C58H59N4O.Pt/c1-55(2,3)39-20-17-19-38(29-39)48-36-59-54(35-49(48)58(10,11)12)62-50-24-14-13-23-46(50)47-28-27-45(34-53(47)62)63-44-22-18-21-42(33-44)60-37-61(52-26-16-15-25-51(52)60)43-31-40(56(4,5)6)30-41(32-43)57(7,8)9;/h13-32,35-37H,1-12H3;/q-3;. The minimum Gasteiger partial charge on any atom is -0.509 e. The molecule has 9 rings (SSSR count). The van der Waals surface area contributed by atoms with Crippen molar-refractivity contribution in [3.63, 3.8) is 0 Å². The van der Waals surface area contributed by atoms with E-state index in [9.17, 15) is 0 Å². The van der Waals surface area contributed by atoms with Crippen LogP contribution in [-0.4, -0.2) is 9.55 Å². The zero-order valence-corrected chi connectivity index (χ0v) is 41.6. The van der Waals surface area contributed by atoms with E-state index in [1.54, 1.807) is 0 Å². The van der Waals surface area contributed by atoms with Gasteiger partial charge >= 0.3 is 0 Å². The molecule has 0 amide bonds. The van der Waals surface area contributed by atoms with E-state index in [-0.39, 0.29) is 42.7 Å². The van der Waals surface area contributed by atoms with Crippen molar-refractivity contribution in [2.75, 3.05) is 9.80 Å². The second-order valence-electron chi connectivity index (χ2n) is 21.2. The monoisotopic (exact) mass is 1020 g/mol. The van der Waals surface area contributed by atoms with Gasteiger partial charge in [-0.15, -0.1) is 48.1 Å². The fourth-order valence-electron chi connectivity index (χ4n) is 8.62. The summed E-state index contributed by atoms with van der Waals surface area (Å²) < 4.78 is 8.90. The first kappa shape index (κ1) is 44.9. The molecule has 64 heavy (non-hydrogen) atoms. The molecule has 0 bridgehead atoms. The van der Waals surface area contributed by atoms with E-state index in [4.69, 9.17) is 9.72 Å². The Morgan fingerprint density at radius 1 is 0.531 bits per heavy atom. The molecule has 1 aliphatic rings. The van der Waals surface area contributed by atoms with Gasteiger partial charge in [0.2, 0.25) is 0 Å². The number of anilines is 4. The average Bonchev–Trinajstić information content (AvgIpc) is 3.78. The van der Waals surface area contributed by atoms with Crippen molar-refractivity contribution in [2.45, 2.75) is 105 Å². The molecular weight excluding hydrogens is 964 g/mol. The maximum atomic E-state index is 6.67. The van der Waals surface area contributed by atoms with Crippen molar-refractivity contribution in [3.05, 3.63) is 175 Å². The number of fused-ring (bicyclic) bond motifs is 4. The molecule has 0 unspecified atom stereocenters. The van der Waals surface area contributed by atoms with Crippen LogP contribution in [0.3, 0.4) is 0 Å². The number of hydrogen-bond acceptors (Lipinski definition) is 4. The molecule has 8 aromatic rings. The first-order chi connectivity index (χ1) is 29.7. The molecule has 6 aromatic carbocycles. The summed E-state index contributed by atoms with van der Waals surface area (Å²) >= 11 is 0. The van der Waals surface area contributed by atoms with Gasteiger partial charge in [0.25, 0.3) is 0 Å². The van der Waals surface area contributed by atoms with E-state index in [1.807, 2.05) is 18.2 Å². The van der Waals surface area contributed by atoms with Gasteiger partial charge in [0.15, 0.2) is 0 Å². The third-order valence-electron chi connectivity index (χ3n) is 12.3. The van der Waals surface area contributed by atoms with Gasteiger partial charge in [-0.05, 0) is 91.3 Å². The molecule has 0 atom stereocenters. The van der Waals surface area contributed by atoms with Gasteiger partial charge in [-0.25, -0.2) is 4.98 Å². The molecule has 5 nitrogen and oxygen atoms in total. The van der Waals surface area contributed by atoms with Gasteiger partial charge in [-0.1, -0.05) is 149 Å². The molecule has 0 fully saturated rings. The van der Waals surface area contributed by atoms with E-state index in [0.29, 0.717) is 11.5 Å². The normalized spacial score (nSPS) is 13.4. The zero-order chi connectivity index (χ0) is 44.6. The maximum absolute atomic E-state index is 6.67. The summed E-state index contributed by atoms with van der Waals surface area (Å²) in [5.74, 6) is 2.06. The molecule has 6 heteroatoms. The first-order valence-electron chi connectivity index (χ1n) is 22.2. The Morgan fingerprint density at radius 2 is 1.16 bits per heavy atom. The Bertz CT molecular complexity index is 2990. The van der Waals surface area contributed by atoms with Gasteiger partial charge in [-0.2, -0.15) is 12.1 Å². The third kappa shape index (κ3) is 8.52. The molecule has 0 spiro atoms. The topological polar surface area (TPSA) is 33.5 Å². The molecule has 330 valence electrons. The van der Waals surface area contributed by atoms with E-state index in [1.165, 1.54) is 27.8 Å². The predicted molar refractivity (Wildman–Crippen MR) is 264 cm³/mol. The van der Waals surface area contributed by atoms with Crippen LogP contribution in [0.5, 0.6) is 11.5 Å². The summed E-state index contributed by atoms with van der Waals surface area (Å²) in [6.07, 6.45) is 2.05. The zero-order valence-electron chi connectivity index (χ0n) is 39.3. The van der Waals surface area contributed by atoms with Crippen molar-refractivity contribution in [1.82, 2.24) is 9.55 Å². The summed E-state index contributed by atoms with van der Waals surface area (Å²) in [6, 6.07) is 52.8. The molecule has 0 N–H and O–H groups in total. The van der Waals surface area contributed by atoms with Gasteiger partial charge < -0.3 is 19.1 Å². The summed E-state index contributed by atoms with van der Waals surface area (Å²) in [6.45, 7) is 29.5. The minimum absolute atomic E-state index is 0. The maximum Gasteiger partial charge on any atom is 0.135 e.